The lowest BCUT2D eigenvalue weighted by Crippen LogP contribution is -2.32. The molecule has 1 unspecified atom stereocenters. The van der Waals surface area contributed by atoms with Crippen LogP contribution in [-0.4, -0.2) is 19.8 Å². The number of nitrogens with one attached hydrogen (secondary N) is 1. The molecule has 1 aromatic rings. The molecule has 0 heterocycles. The summed E-state index contributed by atoms with van der Waals surface area (Å²) in [6, 6.07) is 9.23. The second-order valence-electron chi connectivity index (χ2n) is 4.10. The first-order valence-electron chi connectivity index (χ1n) is 5.45. The molecule has 15 heavy (non-hydrogen) atoms. The average Bonchev–Trinajstić information content (AvgIpc) is 2.18. The van der Waals surface area contributed by atoms with Gasteiger partial charge in [0, 0.05) is 19.2 Å². The van der Waals surface area contributed by atoms with Crippen LogP contribution in [0.4, 0.5) is 0 Å². The van der Waals surface area contributed by atoms with Gasteiger partial charge in [-0.3, -0.25) is 0 Å². The number of hydrogen-bond donors (Lipinski definition) is 1. The van der Waals surface area contributed by atoms with Crippen LogP contribution in [0.1, 0.15) is 31.0 Å². The van der Waals surface area contributed by atoms with Crippen molar-refractivity contribution in [2.24, 2.45) is 0 Å². The number of ether oxygens (including phenoxy) is 1. The Kier molecular flexibility index (Phi) is 4.79. The third-order valence-corrected chi connectivity index (χ3v) is 2.61. The van der Waals surface area contributed by atoms with E-state index in [1.807, 2.05) is 0 Å². The predicted molar refractivity (Wildman–Crippen MR) is 64.1 cm³/mol. The smallest absolute Gasteiger partial charge is 0.0613 e. The minimum atomic E-state index is 0.372. The molecule has 2 nitrogen and oxygen atoms in total. The molecule has 2 atom stereocenters. The molecule has 2 heteroatoms. The zero-order valence-electron chi connectivity index (χ0n) is 10.1. The zero-order valence-corrected chi connectivity index (χ0v) is 10.1. The quantitative estimate of drug-likeness (QED) is 0.801. The molecule has 0 bridgehead atoms. The largest absolute Gasteiger partial charge is 0.383 e. The Balaban J connectivity index is 2.61. The molecule has 1 aromatic carbocycles. The van der Waals surface area contributed by atoms with Crippen molar-refractivity contribution >= 4 is 0 Å². The van der Waals surface area contributed by atoms with E-state index < -0.39 is 0 Å². The summed E-state index contributed by atoms with van der Waals surface area (Å²) in [7, 11) is 1.73. The highest BCUT2D eigenvalue weighted by molar-refractivity contribution is 5.28. The van der Waals surface area contributed by atoms with Crippen LogP contribution >= 0.6 is 0 Å². The molecule has 1 N–H and O–H groups in total. The SMILES string of the molecule is COCC(C)N[C@@H](C)c1ccccc1C. The van der Waals surface area contributed by atoms with E-state index in [1.54, 1.807) is 7.11 Å². The lowest BCUT2D eigenvalue weighted by Gasteiger charge is -2.21. The summed E-state index contributed by atoms with van der Waals surface area (Å²) in [6.07, 6.45) is 0. The van der Waals surface area contributed by atoms with E-state index >= 15 is 0 Å². The summed E-state index contributed by atoms with van der Waals surface area (Å²) in [5.74, 6) is 0. The van der Waals surface area contributed by atoms with Gasteiger partial charge < -0.3 is 10.1 Å². The van der Waals surface area contributed by atoms with Crippen LogP contribution in [0.15, 0.2) is 24.3 Å². The van der Waals surface area contributed by atoms with Crippen molar-refractivity contribution in [3.05, 3.63) is 35.4 Å². The van der Waals surface area contributed by atoms with Gasteiger partial charge in [-0.2, -0.15) is 0 Å². The Hall–Kier alpha value is -0.860. The molecule has 1 rings (SSSR count). The highest BCUT2D eigenvalue weighted by atomic mass is 16.5. The summed E-state index contributed by atoms with van der Waals surface area (Å²) in [6.45, 7) is 7.22. The van der Waals surface area contributed by atoms with Crippen LogP contribution in [0.25, 0.3) is 0 Å². The van der Waals surface area contributed by atoms with Crippen LogP contribution in [0, 0.1) is 6.92 Å². The van der Waals surface area contributed by atoms with E-state index in [0.717, 1.165) is 6.61 Å². The summed E-state index contributed by atoms with van der Waals surface area (Å²) >= 11 is 0. The molecule has 0 spiro atoms. The van der Waals surface area contributed by atoms with Crippen LogP contribution in [0.2, 0.25) is 0 Å². The van der Waals surface area contributed by atoms with Crippen molar-refractivity contribution in [2.75, 3.05) is 13.7 Å². The first-order chi connectivity index (χ1) is 7.15. The minimum Gasteiger partial charge on any atom is -0.383 e. The van der Waals surface area contributed by atoms with Gasteiger partial charge in [0.1, 0.15) is 0 Å². The second-order valence-corrected chi connectivity index (χ2v) is 4.10. The molecule has 0 aliphatic rings. The lowest BCUT2D eigenvalue weighted by atomic mass is 10.0. The Labute approximate surface area is 92.6 Å². The highest BCUT2D eigenvalue weighted by Crippen LogP contribution is 2.16. The van der Waals surface area contributed by atoms with Crippen LogP contribution in [-0.2, 0) is 4.74 Å². The van der Waals surface area contributed by atoms with Gasteiger partial charge >= 0.3 is 0 Å². The maximum absolute atomic E-state index is 5.11. The van der Waals surface area contributed by atoms with Gasteiger partial charge in [-0.05, 0) is 31.9 Å². The number of benzene rings is 1. The standard InChI is InChI=1S/C13H21NO/c1-10-7-5-6-8-13(10)12(3)14-11(2)9-15-4/h5-8,11-12,14H,9H2,1-4H3/t11?,12-/m0/s1. The van der Waals surface area contributed by atoms with E-state index in [-0.39, 0.29) is 0 Å². The molecule has 84 valence electrons. The van der Waals surface area contributed by atoms with Crippen LogP contribution < -0.4 is 5.32 Å². The van der Waals surface area contributed by atoms with Crippen molar-refractivity contribution in [3.8, 4) is 0 Å². The Morgan fingerprint density at radius 2 is 1.93 bits per heavy atom. The van der Waals surface area contributed by atoms with E-state index in [9.17, 15) is 0 Å². The Bertz CT molecular complexity index is 298. The third-order valence-electron chi connectivity index (χ3n) is 2.61. The van der Waals surface area contributed by atoms with E-state index in [0.29, 0.717) is 12.1 Å². The molecular formula is C13H21NO. The molecule has 0 aliphatic carbocycles. The normalized spacial score (nSPS) is 14.9. The number of hydrogen-bond acceptors (Lipinski definition) is 2. The van der Waals surface area contributed by atoms with Crippen LogP contribution in [0.5, 0.6) is 0 Å². The molecular weight excluding hydrogens is 186 g/mol. The maximum Gasteiger partial charge on any atom is 0.0613 e. The summed E-state index contributed by atoms with van der Waals surface area (Å²) < 4.78 is 5.11. The number of rotatable bonds is 5. The molecule has 0 saturated heterocycles. The molecule has 0 aliphatic heterocycles. The molecule has 0 aromatic heterocycles. The average molecular weight is 207 g/mol. The van der Waals surface area contributed by atoms with Crippen LogP contribution in [0.3, 0.4) is 0 Å². The molecule has 0 fully saturated rings. The molecule has 0 saturated carbocycles. The Morgan fingerprint density at radius 3 is 2.53 bits per heavy atom. The first-order valence-corrected chi connectivity index (χ1v) is 5.45. The fraction of sp³-hybridized carbons (Fsp3) is 0.538. The highest BCUT2D eigenvalue weighted by Gasteiger charge is 2.10. The van der Waals surface area contributed by atoms with Crippen molar-refractivity contribution < 1.29 is 4.74 Å². The van der Waals surface area contributed by atoms with Gasteiger partial charge in [-0.1, -0.05) is 24.3 Å². The number of methoxy groups -OCH3 is 1. The maximum atomic E-state index is 5.11. The zero-order chi connectivity index (χ0) is 11.3. The minimum absolute atomic E-state index is 0.372. The number of aryl methyl sites for hydroxylation is 1. The van der Waals surface area contributed by atoms with Crippen molar-refractivity contribution in [2.45, 2.75) is 32.9 Å². The van der Waals surface area contributed by atoms with Crippen molar-refractivity contribution in [1.82, 2.24) is 5.32 Å². The van der Waals surface area contributed by atoms with Gasteiger partial charge in [0.25, 0.3) is 0 Å². The van der Waals surface area contributed by atoms with Gasteiger partial charge in [0.05, 0.1) is 6.61 Å². The lowest BCUT2D eigenvalue weighted by molar-refractivity contribution is 0.167. The van der Waals surface area contributed by atoms with Gasteiger partial charge in [-0.15, -0.1) is 0 Å². The predicted octanol–water partition coefficient (Wildman–Crippen LogP) is 2.68. The van der Waals surface area contributed by atoms with Crippen molar-refractivity contribution in [3.63, 3.8) is 0 Å². The summed E-state index contributed by atoms with van der Waals surface area (Å²) in [5, 5.41) is 3.51. The third kappa shape index (κ3) is 3.65. The van der Waals surface area contributed by atoms with Crippen molar-refractivity contribution in [1.29, 1.82) is 0 Å². The van der Waals surface area contributed by atoms with Gasteiger partial charge in [0.15, 0.2) is 0 Å². The van der Waals surface area contributed by atoms with Gasteiger partial charge in [0.2, 0.25) is 0 Å². The molecule has 0 amide bonds. The fourth-order valence-corrected chi connectivity index (χ4v) is 1.89. The Morgan fingerprint density at radius 1 is 1.27 bits per heavy atom. The van der Waals surface area contributed by atoms with E-state index in [4.69, 9.17) is 4.74 Å². The first kappa shape index (κ1) is 12.2. The van der Waals surface area contributed by atoms with Gasteiger partial charge in [-0.25, -0.2) is 0 Å². The second kappa shape index (κ2) is 5.89. The summed E-state index contributed by atoms with van der Waals surface area (Å²) in [5.41, 5.74) is 2.70. The molecule has 0 radical (unpaired) electrons. The van der Waals surface area contributed by atoms with E-state index in [2.05, 4.69) is 50.4 Å². The van der Waals surface area contributed by atoms with E-state index in [1.165, 1.54) is 11.1 Å². The summed E-state index contributed by atoms with van der Waals surface area (Å²) in [4.78, 5) is 0. The fourth-order valence-electron chi connectivity index (χ4n) is 1.89. The topological polar surface area (TPSA) is 21.3 Å². The monoisotopic (exact) mass is 207 g/mol.